The van der Waals surface area contributed by atoms with Gasteiger partial charge in [0.1, 0.15) is 11.4 Å². The maximum absolute atomic E-state index is 12.6. The van der Waals surface area contributed by atoms with Crippen LogP contribution in [-0.4, -0.2) is 34.3 Å². The molecule has 5 heteroatoms. The normalized spacial score (nSPS) is 23.1. The van der Waals surface area contributed by atoms with Crippen molar-refractivity contribution in [3.05, 3.63) is 29.8 Å². The van der Waals surface area contributed by atoms with Crippen LogP contribution >= 0.6 is 0 Å². The van der Waals surface area contributed by atoms with Gasteiger partial charge in [0.2, 0.25) is 0 Å². The fraction of sp³-hybridized carbons (Fsp3) is 0.682. The number of hydrogen-bond acceptors (Lipinski definition) is 3. The zero-order valence-electron chi connectivity index (χ0n) is 18.4. The van der Waals surface area contributed by atoms with Crippen LogP contribution in [-0.2, 0) is 9.53 Å². The molecular formula is C22H38O3Si2. The average Bonchev–Trinajstić information content (AvgIpc) is 2.85. The van der Waals surface area contributed by atoms with E-state index in [9.17, 15) is 4.79 Å². The standard InChI is InChI=1S/C22H38O3Si2/c1-8-18(2)19-9-11-20(12-10-19)24-15-21(23)25-22(16-26(3,4)5)13-14-27(6,7)17-22/h9-12,18H,8,13-17H2,1-7H3. The first-order valence-electron chi connectivity index (χ1n) is 10.4. The van der Waals surface area contributed by atoms with Gasteiger partial charge in [-0.25, -0.2) is 4.79 Å². The SMILES string of the molecule is CCC(C)c1ccc(OCC(=O)OC2(C[Si](C)(C)C)CC[Si](C)(C)C2)cc1. The van der Waals surface area contributed by atoms with Crippen LogP contribution < -0.4 is 4.74 Å². The van der Waals surface area contributed by atoms with E-state index in [1.54, 1.807) is 0 Å². The van der Waals surface area contributed by atoms with Crippen molar-refractivity contribution < 1.29 is 14.3 Å². The Balaban J connectivity index is 1.96. The molecule has 1 fully saturated rings. The van der Waals surface area contributed by atoms with Gasteiger partial charge in [-0.3, -0.25) is 0 Å². The summed E-state index contributed by atoms with van der Waals surface area (Å²) < 4.78 is 11.8. The van der Waals surface area contributed by atoms with Gasteiger partial charge >= 0.3 is 5.97 Å². The smallest absolute Gasteiger partial charge is 0.344 e. The van der Waals surface area contributed by atoms with Crippen molar-refractivity contribution in [2.24, 2.45) is 0 Å². The molecule has 3 nitrogen and oxygen atoms in total. The van der Waals surface area contributed by atoms with Gasteiger partial charge in [-0.2, -0.15) is 0 Å². The maximum atomic E-state index is 12.6. The van der Waals surface area contributed by atoms with Crippen molar-refractivity contribution in [3.63, 3.8) is 0 Å². The number of ether oxygens (including phenoxy) is 2. The molecule has 0 aromatic heterocycles. The average molecular weight is 407 g/mol. The van der Waals surface area contributed by atoms with E-state index in [1.165, 1.54) is 11.6 Å². The number of carbonyl (C=O) groups is 1. The fourth-order valence-electron chi connectivity index (χ4n) is 4.40. The number of esters is 1. The molecule has 0 amide bonds. The van der Waals surface area contributed by atoms with Gasteiger partial charge in [-0.1, -0.05) is 64.8 Å². The van der Waals surface area contributed by atoms with Crippen LogP contribution in [0.1, 0.15) is 38.2 Å². The fourth-order valence-corrected chi connectivity index (χ4v) is 10.4. The first-order valence-corrected chi connectivity index (χ1v) is 17.5. The van der Waals surface area contributed by atoms with E-state index in [-0.39, 0.29) is 18.2 Å². The first kappa shape index (κ1) is 22.2. The lowest BCUT2D eigenvalue weighted by Crippen LogP contribution is -2.42. The summed E-state index contributed by atoms with van der Waals surface area (Å²) in [7, 11) is -2.57. The van der Waals surface area contributed by atoms with Gasteiger partial charge in [-0.05, 0) is 48.5 Å². The van der Waals surface area contributed by atoms with E-state index in [2.05, 4.69) is 58.7 Å². The van der Waals surface area contributed by atoms with Crippen molar-refractivity contribution in [3.8, 4) is 5.75 Å². The molecule has 2 unspecified atom stereocenters. The van der Waals surface area contributed by atoms with Crippen molar-refractivity contribution in [1.82, 2.24) is 0 Å². The van der Waals surface area contributed by atoms with E-state index < -0.39 is 16.1 Å². The molecule has 152 valence electrons. The molecule has 1 saturated heterocycles. The zero-order valence-corrected chi connectivity index (χ0v) is 20.4. The molecule has 2 rings (SSSR count). The topological polar surface area (TPSA) is 35.5 Å². The number of benzene rings is 1. The van der Waals surface area contributed by atoms with Gasteiger partial charge in [-0.15, -0.1) is 0 Å². The van der Waals surface area contributed by atoms with Gasteiger partial charge in [0.15, 0.2) is 6.61 Å². The Kier molecular flexibility index (Phi) is 7.01. The summed E-state index contributed by atoms with van der Waals surface area (Å²) in [4.78, 5) is 12.6. The molecule has 27 heavy (non-hydrogen) atoms. The third-order valence-corrected chi connectivity index (χ3v) is 10.6. The van der Waals surface area contributed by atoms with Crippen LogP contribution in [0, 0.1) is 0 Å². The monoisotopic (exact) mass is 406 g/mol. The second-order valence-corrected chi connectivity index (χ2v) is 21.1. The molecule has 1 aliphatic rings. The van der Waals surface area contributed by atoms with E-state index in [1.807, 2.05) is 12.1 Å². The van der Waals surface area contributed by atoms with Crippen LogP contribution in [0.3, 0.4) is 0 Å². The lowest BCUT2D eigenvalue weighted by atomic mass is 9.99. The molecule has 0 bridgehead atoms. The molecule has 0 saturated carbocycles. The zero-order chi connectivity index (χ0) is 20.3. The molecule has 2 atom stereocenters. The Hall–Kier alpha value is -1.08. The van der Waals surface area contributed by atoms with Gasteiger partial charge < -0.3 is 9.47 Å². The molecule has 1 aromatic rings. The van der Waals surface area contributed by atoms with Crippen LogP contribution in [0.25, 0.3) is 0 Å². The first-order chi connectivity index (χ1) is 12.4. The lowest BCUT2D eigenvalue weighted by Gasteiger charge is -2.35. The Morgan fingerprint density at radius 2 is 1.85 bits per heavy atom. The number of rotatable bonds is 8. The predicted molar refractivity (Wildman–Crippen MR) is 119 cm³/mol. The molecule has 1 aromatic carbocycles. The summed E-state index contributed by atoms with van der Waals surface area (Å²) in [6.45, 7) is 16.3. The molecule has 0 radical (unpaired) electrons. The van der Waals surface area contributed by atoms with Crippen LogP contribution in [0.15, 0.2) is 24.3 Å². The third-order valence-electron chi connectivity index (χ3n) is 5.66. The second kappa shape index (κ2) is 8.52. The van der Waals surface area contributed by atoms with Gasteiger partial charge in [0.05, 0.1) is 8.07 Å². The Labute approximate surface area is 167 Å². The van der Waals surface area contributed by atoms with Crippen LogP contribution in [0.5, 0.6) is 5.75 Å². The van der Waals surface area contributed by atoms with Crippen molar-refractivity contribution >= 4 is 22.1 Å². The highest BCUT2D eigenvalue weighted by atomic mass is 28.3. The summed E-state index contributed by atoms with van der Waals surface area (Å²) >= 11 is 0. The number of hydrogen-bond donors (Lipinski definition) is 0. The minimum Gasteiger partial charge on any atom is -0.482 e. The van der Waals surface area contributed by atoms with Crippen LogP contribution in [0.4, 0.5) is 0 Å². The highest BCUT2D eigenvalue weighted by Crippen LogP contribution is 2.45. The molecule has 1 heterocycles. The molecule has 0 N–H and O–H groups in total. The van der Waals surface area contributed by atoms with Crippen molar-refractivity contribution in [2.45, 2.75) is 89.1 Å². The Bertz CT molecular complexity index is 634. The number of carbonyl (C=O) groups excluding carboxylic acids is 1. The molecule has 0 spiro atoms. The van der Waals surface area contributed by atoms with Crippen LogP contribution in [0.2, 0.25) is 50.9 Å². The van der Waals surface area contributed by atoms with Gasteiger partial charge in [0.25, 0.3) is 0 Å². The molecule has 1 aliphatic heterocycles. The molecule has 0 aliphatic carbocycles. The summed E-state index contributed by atoms with van der Waals surface area (Å²) in [5.74, 6) is 1.06. The summed E-state index contributed by atoms with van der Waals surface area (Å²) in [6, 6.07) is 11.5. The third kappa shape index (κ3) is 6.79. The summed E-state index contributed by atoms with van der Waals surface area (Å²) in [6.07, 6.45) is 2.15. The van der Waals surface area contributed by atoms with Gasteiger partial charge in [0, 0.05) is 8.07 Å². The van der Waals surface area contributed by atoms with E-state index in [4.69, 9.17) is 9.47 Å². The largest absolute Gasteiger partial charge is 0.482 e. The Morgan fingerprint density at radius 1 is 1.22 bits per heavy atom. The van der Waals surface area contributed by atoms with E-state index in [0.29, 0.717) is 5.92 Å². The van der Waals surface area contributed by atoms with Crippen molar-refractivity contribution in [2.75, 3.05) is 6.61 Å². The summed E-state index contributed by atoms with van der Waals surface area (Å²) in [5, 5.41) is 0. The molecular weight excluding hydrogens is 368 g/mol. The lowest BCUT2D eigenvalue weighted by molar-refractivity contribution is -0.158. The predicted octanol–water partition coefficient (Wildman–Crippen LogP) is 6.31. The quantitative estimate of drug-likeness (QED) is 0.375. The van der Waals surface area contributed by atoms with Crippen molar-refractivity contribution in [1.29, 1.82) is 0 Å². The maximum Gasteiger partial charge on any atom is 0.344 e. The minimum absolute atomic E-state index is 0.00187. The second-order valence-electron chi connectivity index (χ2n) is 10.4. The van der Waals surface area contributed by atoms with E-state index >= 15 is 0 Å². The van der Waals surface area contributed by atoms with E-state index in [0.717, 1.165) is 30.7 Å². The highest BCUT2D eigenvalue weighted by Gasteiger charge is 2.49. The highest BCUT2D eigenvalue weighted by molar-refractivity contribution is 6.79. The minimum atomic E-state index is -1.33. The Morgan fingerprint density at radius 3 is 2.33 bits per heavy atom. The summed E-state index contributed by atoms with van der Waals surface area (Å²) in [5.41, 5.74) is 1.07.